The third kappa shape index (κ3) is 17.7. The first-order valence-electron chi connectivity index (χ1n) is 24.8. The number of morpholine rings is 1. The summed E-state index contributed by atoms with van der Waals surface area (Å²) in [5, 5.41) is 12.0. The van der Waals surface area contributed by atoms with Crippen LogP contribution in [0.3, 0.4) is 0 Å². The maximum Gasteiger partial charge on any atom is 0.314 e. The van der Waals surface area contributed by atoms with E-state index < -0.39 is 0 Å². The van der Waals surface area contributed by atoms with Gasteiger partial charge in [0.2, 0.25) is 0 Å². The van der Waals surface area contributed by atoms with Gasteiger partial charge in [0, 0.05) is 107 Å². The lowest BCUT2D eigenvalue weighted by molar-refractivity contribution is 0.0121. The smallest absolute Gasteiger partial charge is 0.314 e. The van der Waals surface area contributed by atoms with E-state index in [4.69, 9.17) is 18.9 Å². The molecule has 386 valence electrons. The Morgan fingerprint density at radius 1 is 0.746 bits per heavy atom. The highest BCUT2D eigenvalue weighted by atomic mass is 16.5. The summed E-state index contributed by atoms with van der Waals surface area (Å²) < 4.78 is 22.2. The topological polar surface area (TPSA) is 179 Å². The van der Waals surface area contributed by atoms with E-state index in [1.165, 1.54) is 5.56 Å². The molecule has 0 unspecified atom stereocenters. The molecule has 5 amide bonds. The molecule has 1 aliphatic carbocycles. The number of ether oxygens (including phenoxy) is 4. The van der Waals surface area contributed by atoms with Crippen molar-refractivity contribution in [3.8, 4) is 11.3 Å². The minimum Gasteiger partial charge on any atom is -0.379 e. The highest BCUT2D eigenvalue weighted by molar-refractivity contribution is 6.08. The Kier molecular flexibility index (Phi) is 23.7. The van der Waals surface area contributed by atoms with Crippen LogP contribution < -0.4 is 26.2 Å². The number of nitrogens with one attached hydrogen (secondary N) is 4. The molecular weight excluding hydrogens is 903 g/mol. The van der Waals surface area contributed by atoms with Gasteiger partial charge in [0.15, 0.2) is 0 Å². The molecule has 17 nitrogen and oxygen atoms in total. The number of hydrogen-bond donors (Lipinski definition) is 4. The molecule has 0 bridgehead atoms. The summed E-state index contributed by atoms with van der Waals surface area (Å²) in [7, 11) is 3.73. The maximum absolute atomic E-state index is 13.9. The number of carbonyl (C=O) groups is 4. The van der Waals surface area contributed by atoms with Gasteiger partial charge >= 0.3 is 6.03 Å². The van der Waals surface area contributed by atoms with Gasteiger partial charge in [-0.2, -0.15) is 0 Å². The summed E-state index contributed by atoms with van der Waals surface area (Å²) in [5.41, 5.74) is 6.37. The lowest BCUT2D eigenvalue weighted by atomic mass is 9.87. The monoisotopic (exact) mass is 980 g/mol. The van der Waals surface area contributed by atoms with Crippen LogP contribution in [0.5, 0.6) is 0 Å². The Balaban J connectivity index is 0.00000937. The Hall–Kier alpha value is -5.95. The van der Waals surface area contributed by atoms with Crippen LogP contribution in [0.25, 0.3) is 11.3 Å². The average Bonchev–Trinajstić information content (AvgIpc) is 3.39. The molecule has 71 heavy (non-hydrogen) atoms. The number of carbonyl (C=O) groups excluding carboxylic acids is 4. The summed E-state index contributed by atoms with van der Waals surface area (Å²) in [6.45, 7) is 15.3. The van der Waals surface area contributed by atoms with E-state index in [1.54, 1.807) is 54.5 Å². The van der Waals surface area contributed by atoms with E-state index in [0.717, 1.165) is 76.5 Å². The fourth-order valence-corrected chi connectivity index (χ4v) is 8.46. The standard InChI is InChI=1S/C53H73N9O8.CH4/c1-5-62(6-2)44-17-18-48(46(39-44)49-38-42(19-20-54-49)51(64)57-47-16-10-12-40-11-7-8-15-45(40)47)58-50(63)41-13-9-14-43(37-41)52(65)60(4)25-24-59(3)26-30-69-34-36-70-35-33-67-29-22-56-53(66)55-21-23-61-27-31-68-32-28-61;/h7-9,11,13-15,17-20,37-39,47H,5-6,10,12,16,21-36H2,1-4H3,(H,57,64)(H,58,63)(H2,55,56,66);1H4/t47-;/m0./s1. The number of aryl methyl sites for hydroxylation is 1. The number of benzene rings is 3. The van der Waals surface area contributed by atoms with Crippen molar-refractivity contribution in [1.29, 1.82) is 0 Å². The van der Waals surface area contributed by atoms with Crippen molar-refractivity contribution in [3.63, 3.8) is 0 Å². The van der Waals surface area contributed by atoms with Crippen molar-refractivity contribution in [1.82, 2.24) is 35.6 Å². The fourth-order valence-electron chi connectivity index (χ4n) is 8.46. The number of hydrogen-bond acceptors (Lipinski definition) is 12. The summed E-state index contributed by atoms with van der Waals surface area (Å²) in [5.74, 6) is -0.753. The number of anilines is 2. The second-order valence-electron chi connectivity index (χ2n) is 17.5. The molecule has 0 saturated carbocycles. The van der Waals surface area contributed by atoms with Gasteiger partial charge in [-0.1, -0.05) is 37.8 Å². The number of urea groups is 1. The molecule has 17 heteroatoms. The average molecular weight is 980 g/mol. The first-order chi connectivity index (χ1) is 34.1. The zero-order valence-corrected chi connectivity index (χ0v) is 41.5. The van der Waals surface area contributed by atoms with Crippen molar-refractivity contribution < 1.29 is 38.1 Å². The van der Waals surface area contributed by atoms with Crippen LogP contribution in [0.1, 0.15) is 82.4 Å². The van der Waals surface area contributed by atoms with E-state index in [0.29, 0.717) is 106 Å². The number of likely N-dealkylation sites (N-methyl/N-ethyl adjacent to an activating group) is 2. The van der Waals surface area contributed by atoms with Crippen molar-refractivity contribution >= 4 is 35.1 Å². The zero-order chi connectivity index (χ0) is 49.5. The van der Waals surface area contributed by atoms with Crippen molar-refractivity contribution in [2.24, 2.45) is 0 Å². The Morgan fingerprint density at radius 2 is 1.45 bits per heavy atom. The number of nitrogens with zero attached hydrogens (tertiary/aromatic N) is 5. The second kappa shape index (κ2) is 30.0. The molecule has 0 radical (unpaired) electrons. The van der Waals surface area contributed by atoms with E-state index in [2.05, 4.69) is 66.9 Å². The number of pyridine rings is 1. The third-order valence-electron chi connectivity index (χ3n) is 12.6. The number of fused-ring (bicyclic) bond motifs is 1. The van der Waals surface area contributed by atoms with E-state index in [9.17, 15) is 19.2 Å². The van der Waals surface area contributed by atoms with Crippen molar-refractivity contribution in [2.45, 2.75) is 46.6 Å². The fraction of sp³-hybridized carbons (Fsp3) is 0.500. The molecule has 1 saturated heterocycles. The zero-order valence-electron chi connectivity index (χ0n) is 41.5. The van der Waals surface area contributed by atoms with Crippen LogP contribution in [-0.4, -0.2) is 176 Å². The third-order valence-corrected chi connectivity index (χ3v) is 12.6. The first-order valence-corrected chi connectivity index (χ1v) is 24.8. The minimum absolute atomic E-state index is 0. The quantitative estimate of drug-likeness (QED) is 0.0516. The van der Waals surface area contributed by atoms with Gasteiger partial charge in [0.05, 0.1) is 70.3 Å². The molecule has 2 aliphatic rings. The Bertz CT molecular complexity index is 2290. The van der Waals surface area contributed by atoms with Crippen molar-refractivity contribution in [2.75, 3.05) is 143 Å². The van der Waals surface area contributed by atoms with Gasteiger partial charge in [-0.25, -0.2) is 4.79 Å². The number of rotatable bonds is 27. The molecule has 1 atom stereocenters. The largest absolute Gasteiger partial charge is 0.379 e. The Labute approximate surface area is 420 Å². The first kappa shape index (κ1) is 56.0. The van der Waals surface area contributed by atoms with Gasteiger partial charge in [0.25, 0.3) is 17.7 Å². The van der Waals surface area contributed by atoms with E-state index >= 15 is 0 Å². The SMILES string of the molecule is C.CCN(CC)c1ccc(NC(=O)c2cccc(C(=O)N(C)CCN(C)CCOCCOCCOCCNC(=O)NCCN3CCOCC3)c2)c(-c2cc(C(=O)N[C@H]3CCCc4ccccc43)ccn2)c1. The predicted molar refractivity (Wildman–Crippen MR) is 280 cm³/mol. The lowest BCUT2D eigenvalue weighted by Crippen LogP contribution is -2.44. The molecule has 1 aromatic heterocycles. The van der Waals surface area contributed by atoms with E-state index in [-0.39, 0.29) is 37.2 Å². The molecular formula is C54H77N9O8. The Morgan fingerprint density at radius 3 is 2.23 bits per heavy atom. The lowest BCUT2D eigenvalue weighted by Gasteiger charge is -2.26. The second-order valence-corrected chi connectivity index (χ2v) is 17.5. The van der Waals surface area contributed by atoms with Crippen LogP contribution in [0, 0.1) is 0 Å². The van der Waals surface area contributed by atoms with Gasteiger partial charge in [-0.3, -0.25) is 24.3 Å². The minimum atomic E-state index is -0.376. The summed E-state index contributed by atoms with van der Waals surface area (Å²) in [6.07, 6.45) is 4.52. The van der Waals surface area contributed by atoms with Crippen LogP contribution in [0.4, 0.5) is 16.2 Å². The molecule has 1 fully saturated rings. The van der Waals surface area contributed by atoms with Crippen LogP contribution in [-0.2, 0) is 25.4 Å². The van der Waals surface area contributed by atoms with E-state index in [1.807, 2.05) is 37.4 Å². The molecule has 1 aliphatic heterocycles. The highest BCUT2D eigenvalue weighted by Crippen LogP contribution is 2.33. The predicted octanol–water partition coefficient (Wildman–Crippen LogP) is 5.98. The molecule has 6 rings (SSSR count). The highest BCUT2D eigenvalue weighted by Gasteiger charge is 2.23. The van der Waals surface area contributed by atoms with Gasteiger partial charge in [-0.05, 0) is 99.8 Å². The van der Waals surface area contributed by atoms with Crippen LogP contribution >= 0.6 is 0 Å². The van der Waals surface area contributed by atoms with Crippen LogP contribution in [0.15, 0.2) is 85.1 Å². The molecule has 0 spiro atoms. The molecule has 4 N–H and O–H groups in total. The van der Waals surface area contributed by atoms with Gasteiger partial charge in [-0.15, -0.1) is 0 Å². The number of aromatic nitrogens is 1. The molecule has 3 aromatic carbocycles. The summed E-state index contributed by atoms with van der Waals surface area (Å²) >= 11 is 0. The summed E-state index contributed by atoms with van der Waals surface area (Å²) in [6, 6.07) is 24.1. The van der Waals surface area contributed by atoms with Crippen molar-refractivity contribution in [3.05, 3.63) is 113 Å². The maximum atomic E-state index is 13.9. The number of amides is 5. The normalized spacial score (nSPS) is 14.5. The van der Waals surface area contributed by atoms with Gasteiger partial charge in [0.1, 0.15) is 0 Å². The molecule has 2 heterocycles. The van der Waals surface area contributed by atoms with Gasteiger partial charge < -0.3 is 54.9 Å². The molecule has 4 aromatic rings. The summed E-state index contributed by atoms with van der Waals surface area (Å²) in [4.78, 5) is 66.1. The van der Waals surface area contributed by atoms with Crippen LogP contribution in [0.2, 0.25) is 0 Å².